The first kappa shape index (κ1) is 13.9. The molecule has 0 amide bonds. The van der Waals surface area contributed by atoms with E-state index >= 15 is 0 Å². The van der Waals surface area contributed by atoms with Gasteiger partial charge >= 0.3 is 0 Å². The summed E-state index contributed by atoms with van der Waals surface area (Å²) in [4.78, 5) is 0. The normalized spacial score (nSPS) is 13.9. The van der Waals surface area contributed by atoms with Gasteiger partial charge in [-0.2, -0.15) is 0 Å². The molecule has 4 heteroatoms. The summed E-state index contributed by atoms with van der Waals surface area (Å²) in [6.07, 6.45) is 0. The van der Waals surface area contributed by atoms with E-state index in [2.05, 4.69) is 0 Å². The van der Waals surface area contributed by atoms with Gasteiger partial charge in [0.25, 0.3) is 0 Å². The maximum atomic E-state index is 10.9. The number of aliphatic hydroxyl groups is 1. The molecule has 2 rings (SSSR count). The Kier molecular flexibility index (Phi) is 4.10. The monoisotopic (exact) mass is 277 g/mol. The lowest BCUT2D eigenvalue weighted by atomic mass is 9.86. The minimum absolute atomic E-state index is 0.0354. The van der Waals surface area contributed by atoms with Crippen molar-refractivity contribution in [2.75, 3.05) is 13.7 Å². The lowest BCUT2D eigenvalue weighted by molar-refractivity contribution is 0.0872. The highest BCUT2D eigenvalue weighted by atomic mass is 35.5. The van der Waals surface area contributed by atoms with Crippen LogP contribution in [-0.2, 0) is 5.60 Å². The molecule has 0 aliphatic carbocycles. The number of rotatable bonds is 4. The Morgan fingerprint density at radius 3 is 2.47 bits per heavy atom. The average Bonchev–Trinajstić information content (AvgIpc) is 2.47. The molecule has 2 aromatic rings. The van der Waals surface area contributed by atoms with Crippen LogP contribution in [0.15, 0.2) is 48.5 Å². The lowest BCUT2D eigenvalue weighted by Gasteiger charge is -2.29. The Balaban J connectivity index is 2.62. The smallest absolute Gasteiger partial charge is 0.130 e. The second-order valence-electron chi connectivity index (χ2n) is 4.28. The van der Waals surface area contributed by atoms with E-state index in [1.165, 1.54) is 0 Å². The van der Waals surface area contributed by atoms with Crippen molar-refractivity contribution in [2.24, 2.45) is 5.73 Å². The lowest BCUT2D eigenvalue weighted by Crippen LogP contribution is -2.36. The van der Waals surface area contributed by atoms with Crippen molar-refractivity contribution in [3.05, 3.63) is 64.7 Å². The molecule has 100 valence electrons. The Morgan fingerprint density at radius 2 is 1.89 bits per heavy atom. The van der Waals surface area contributed by atoms with Gasteiger partial charge < -0.3 is 15.6 Å². The van der Waals surface area contributed by atoms with Crippen LogP contribution >= 0.6 is 11.6 Å². The van der Waals surface area contributed by atoms with E-state index in [9.17, 15) is 5.11 Å². The Morgan fingerprint density at radius 1 is 1.21 bits per heavy atom. The first-order valence-corrected chi connectivity index (χ1v) is 6.31. The number of halogens is 1. The predicted octanol–water partition coefficient (Wildman–Crippen LogP) is 2.54. The molecule has 3 N–H and O–H groups in total. The van der Waals surface area contributed by atoms with Crippen molar-refractivity contribution in [3.63, 3.8) is 0 Å². The van der Waals surface area contributed by atoms with Gasteiger partial charge in [-0.15, -0.1) is 0 Å². The van der Waals surface area contributed by atoms with Crippen LogP contribution in [-0.4, -0.2) is 18.8 Å². The Labute approximate surface area is 117 Å². The molecule has 0 heterocycles. The highest BCUT2D eigenvalue weighted by molar-refractivity contribution is 6.30. The van der Waals surface area contributed by atoms with E-state index in [0.717, 1.165) is 0 Å². The van der Waals surface area contributed by atoms with Gasteiger partial charge in [-0.25, -0.2) is 0 Å². The van der Waals surface area contributed by atoms with Crippen LogP contribution < -0.4 is 10.5 Å². The molecular weight excluding hydrogens is 262 g/mol. The molecule has 19 heavy (non-hydrogen) atoms. The van der Waals surface area contributed by atoms with Gasteiger partial charge in [0.1, 0.15) is 11.4 Å². The zero-order valence-electron chi connectivity index (χ0n) is 10.6. The molecule has 2 aromatic carbocycles. The van der Waals surface area contributed by atoms with Crippen molar-refractivity contribution in [1.29, 1.82) is 0 Å². The number of hydrogen-bond acceptors (Lipinski definition) is 3. The molecule has 1 atom stereocenters. The fraction of sp³-hybridized carbons (Fsp3) is 0.200. The maximum Gasteiger partial charge on any atom is 0.130 e. The van der Waals surface area contributed by atoms with Gasteiger partial charge in [0.15, 0.2) is 0 Å². The van der Waals surface area contributed by atoms with Gasteiger partial charge in [0.2, 0.25) is 0 Å². The van der Waals surface area contributed by atoms with Crippen LogP contribution in [0.25, 0.3) is 0 Å². The van der Waals surface area contributed by atoms with E-state index in [-0.39, 0.29) is 6.54 Å². The molecule has 0 fully saturated rings. The third-order valence-corrected chi connectivity index (χ3v) is 3.39. The van der Waals surface area contributed by atoms with E-state index in [0.29, 0.717) is 21.9 Å². The minimum atomic E-state index is -1.32. The summed E-state index contributed by atoms with van der Waals surface area (Å²) in [5, 5.41) is 11.5. The molecule has 1 unspecified atom stereocenters. The fourth-order valence-corrected chi connectivity index (χ4v) is 2.27. The second-order valence-corrected chi connectivity index (χ2v) is 4.71. The quantitative estimate of drug-likeness (QED) is 0.903. The van der Waals surface area contributed by atoms with Crippen LogP contribution in [0.4, 0.5) is 0 Å². The summed E-state index contributed by atoms with van der Waals surface area (Å²) >= 11 is 6.02. The van der Waals surface area contributed by atoms with Gasteiger partial charge in [-0.05, 0) is 23.8 Å². The van der Waals surface area contributed by atoms with Crippen LogP contribution in [0.2, 0.25) is 5.02 Å². The molecule has 0 radical (unpaired) electrons. The summed E-state index contributed by atoms with van der Waals surface area (Å²) in [6, 6.07) is 14.4. The highest BCUT2D eigenvalue weighted by Gasteiger charge is 2.33. The maximum absolute atomic E-state index is 10.9. The number of methoxy groups -OCH3 is 1. The Hall–Kier alpha value is -1.55. The number of nitrogens with two attached hydrogens (primary N) is 1. The topological polar surface area (TPSA) is 55.5 Å². The average molecular weight is 278 g/mol. The SMILES string of the molecule is COc1ccc(Cl)cc1C(O)(CN)c1ccccc1. The van der Waals surface area contributed by atoms with Gasteiger partial charge in [0.05, 0.1) is 7.11 Å². The molecule has 0 aromatic heterocycles. The summed E-state index contributed by atoms with van der Waals surface area (Å²) in [5.41, 5.74) is 5.75. The third-order valence-electron chi connectivity index (χ3n) is 3.15. The van der Waals surface area contributed by atoms with Crippen molar-refractivity contribution in [3.8, 4) is 5.75 Å². The second kappa shape index (κ2) is 5.61. The van der Waals surface area contributed by atoms with Crippen LogP contribution in [0.1, 0.15) is 11.1 Å². The van der Waals surface area contributed by atoms with E-state index in [1.54, 1.807) is 25.3 Å². The molecule has 0 spiro atoms. The number of ether oxygens (including phenoxy) is 1. The number of hydrogen-bond donors (Lipinski definition) is 2. The van der Waals surface area contributed by atoms with Gasteiger partial charge in [0, 0.05) is 17.1 Å². The summed E-state index contributed by atoms with van der Waals surface area (Å²) in [5.74, 6) is 0.557. The van der Waals surface area contributed by atoms with Crippen molar-refractivity contribution < 1.29 is 9.84 Å². The highest BCUT2D eigenvalue weighted by Crippen LogP contribution is 2.36. The third kappa shape index (κ3) is 2.59. The number of benzene rings is 2. The molecule has 3 nitrogen and oxygen atoms in total. The fourth-order valence-electron chi connectivity index (χ4n) is 2.10. The summed E-state index contributed by atoms with van der Waals surface area (Å²) < 4.78 is 5.30. The molecule has 0 aliphatic heterocycles. The molecule has 0 saturated carbocycles. The molecular formula is C15H16ClNO2. The van der Waals surface area contributed by atoms with Gasteiger partial charge in [-0.1, -0.05) is 41.9 Å². The molecule has 0 saturated heterocycles. The molecule has 0 bridgehead atoms. The van der Waals surface area contributed by atoms with Crippen molar-refractivity contribution >= 4 is 11.6 Å². The van der Waals surface area contributed by atoms with E-state index in [4.69, 9.17) is 22.1 Å². The van der Waals surface area contributed by atoms with Crippen LogP contribution in [0.5, 0.6) is 5.75 Å². The van der Waals surface area contributed by atoms with Crippen molar-refractivity contribution in [2.45, 2.75) is 5.60 Å². The summed E-state index contributed by atoms with van der Waals surface area (Å²) in [7, 11) is 1.55. The zero-order chi connectivity index (χ0) is 13.9. The minimum Gasteiger partial charge on any atom is -0.496 e. The van der Waals surface area contributed by atoms with E-state index < -0.39 is 5.60 Å². The zero-order valence-corrected chi connectivity index (χ0v) is 11.4. The predicted molar refractivity (Wildman–Crippen MR) is 76.5 cm³/mol. The van der Waals surface area contributed by atoms with Crippen LogP contribution in [0.3, 0.4) is 0 Å². The molecule has 0 aliphatic rings. The van der Waals surface area contributed by atoms with Crippen molar-refractivity contribution in [1.82, 2.24) is 0 Å². The van der Waals surface area contributed by atoms with E-state index in [1.807, 2.05) is 30.3 Å². The summed E-state index contributed by atoms with van der Waals surface area (Å²) in [6.45, 7) is 0.0354. The first-order valence-electron chi connectivity index (χ1n) is 5.94. The largest absolute Gasteiger partial charge is 0.496 e. The Bertz CT molecular complexity index is 559. The van der Waals surface area contributed by atoms with Crippen LogP contribution in [0, 0.1) is 0 Å². The standard InChI is InChI=1S/C15H16ClNO2/c1-19-14-8-7-12(16)9-13(14)15(18,10-17)11-5-3-2-4-6-11/h2-9,18H,10,17H2,1H3. The van der Waals surface area contributed by atoms with Gasteiger partial charge in [-0.3, -0.25) is 0 Å². The first-order chi connectivity index (χ1) is 9.11.